The van der Waals surface area contributed by atoms with Crippen molar-refractivity contribution in [1.29, 1.82) is 0 Å². The van der Waals surface area contributed by atoms with Crippen molar-refractivity contribution in [2.75, 3.05) is 17.7 Å². The molecule has 0 aliphatic rings. The second-order valence-electron chi connectivity index (χ2n) is 2.60. The maximum Gasteiger partial charge on any atom is 0.0485 e. The van der Waals surface area contributed by atoms with Crippen LogP contribution in [0.5, 0.6) is 0 Å². The van der Waals surface area contributed by atoms with Gasteiger partial charge in [-0.1, -0.05) is 6.07 Å². The number of anilines is 1. The van der Waals surface area contributed by atoms with Gasteiger partial charge in [0.05, 0.1) is 0 Å². The number of nitrogens with one attached hydrogen (secondary N) is 1. The summed E-state index contributed by atoms with van der Waals surface area (Å²) in [6.07, 6.45) is 0. The van der Waals surface area contributed by atoms with Gasteiger partial charge in [-0.25, -0.2) is 0 Å². The van der Waals surface area contributed by atoms with E-state index in [1.54, 1.807) is 0 Å². The first kappa shape index (κ1) is 9.87. The minimum atomic E-state index is 0.625. The number of halogens is 2. The van der Waals surface area contributed by atoms with Crippen LogP contribution in [0, 0.1) is 6.92 Å². The molecule has 0 aliphatic heterocycles. The fraction of sp³-hybridized carbons (Fsp3) is 0.333. The Bertz CT molecular complexity index is 263. The van der Waals surface area contributed by atoms with E-state index in [-0.39, 0.29) is 0 Å². The maximum atomic E-state index is 5.56. The van der Waals surface area contributed by atoms with Gasteiger partial charge in [-0.15, -0.1) is 11.6 Å². The summed E-state index contributed by atoms with van der Waals surface area (Å²) in [7, 11) is 0. The average molecular weight is 249 g/mol. The molecular weight excluding hydrogens is 237 g/mol. The van der Waals surface area contributed by atoms with Crippen LogP contribution in [0.3, 0.4) is 0 Å². The fourth-order valence-corrected chi connectivity index (χ4v) is 1.67. The summed E-state index contributed by atoms with van der Waals surface area (Å²) in [5, 5.41) is 3.21. The predicted molar refractivity (Wildman–Crippen MR) is 58.1 cm³/mol. The number of hydrogen-bond donors (Lipinski definition) is 1. The Hall–Kier alpha value is -0.210. The van der Waals surface area contributed by atoms with E-state index in [1.165, 1.54) is 5.56 Å². The van der Waals surface area contributed by atoms with E-state index in [2.05, 4.69) is 40.3 Å². The Kier molecular flexibility index (Phi) is 3.89. The molecule has 3 heteroatoms. The zero-order valence-corrected chi connectivity index (χ0v) is 9.24. The van der Waals surface area contributed by atoms with Gasteiger partial charge in [-0.05, 0) is 40.5 Å². The van der Waals surface area contributed by atoms with Gasteiger partial charge in [0.2, 0.25) is 0 Å². The zero-order chi connectivity index (χ0) is 8.97. The van der Waals surface area contributed by atoms with Crippen LogP contribution in [0.25, 0.3) is 0 Å². The van der Waals surface area contributed by atoms with Crippen molar-refractivity contribution in [3.8, 4) is 0 Å². The van der Waals surface area contributed by atoms with E-state index in [0.717, 1.165) is 16.7 Å². The molecule has 0 heterocycles. The summed E-state index contributed by atoms with van der Waals surface area (Å²) in [5.41, 5.74) is 2.35. The molecule has 0 unspecified atom stereocenters. The van der Waals surface area contributed by atoms with Crippen LogP contribution >= 0.6 is 27.5 Å². The Labute approximate surface area is 86.2 Å². The zero-order valence-electron chi connectivity index (χ0n) is 6.90. The molecule has 1 rings (SSSR count). The highest BCUT2D eigenvalue weighted by Gasteiger charge is 1.97. The van der Waals surface area contributed by atoms with Crippen LogP contribution in [0.4, 0.5) is 5.69 Å². The first-order valence-corrected chi connectivity index (χ1v) is 5.13. The average Bonchev–Trinajstić information content (AvgIpc) is 2.03. The first-order valence-electron chi connectivity index (χ1n) is 3.80. The Balaban J connectivity index is 2.72. The summed E-state index contributed by atoms with van der Waals surface area (Å²) in [6.45, 7) is 2.86. The third kappa shape index (κ3) is 2.68. The van der Waals surface area contributed by atoms with Gasteiger partial charge in [0, 0.05) is 22.6 Å². The number of aryl methyl sites for hydroxylation is 1. The van der Waals surface area contributed by atoms with Crippen molar-refractivity contribution in [3.63, 3.8) is 0 Å². The molecule has 1 N–H and O–H groups in total. The van der Waals surface area contributed by atoms with Crippen LogP contribution in [0.2, 0.25) is 0 Å². The number of rotatable bonds is 3. The van der Waals surface area contributed by atoms with E-state index in [9.17, 15) is 0 Å². The van der Waals surface area contributed by atoms with Gasteiger partial charge in [-0.2, -0.15) is 0 Å². The summed E-state index contributed by atoms with van der Waals surface area (Å²) < 4.78 is 1.09. The van der Waals surface area contributed by atoms with Crippen molar-refractivity contribution in [2.24, 2.45) is 0 Å². The monoisotopic (exact) mass is 247 g/mol. The molecule has 0 amide bonds. The van der Waals surface area contributed by atoms with Gasteiger partial charge < -0.3 is 5.32 Å². The third-order valence-corrected chi connectivity index (χ3v) is 2.38. The number of alkyl halides is 1. The van der Waals surface area contributed by atoms with Crippen molar-refractivity contribution in [3.05, 3.63) is 28.2 Å². The molecule has 0 atom stereocenters. The quantitative estimate of drug-likeness (QED) is 0.809. The van der Waals surface area contributed by atoms with E-state index in [1.807, 2.05) is 6.07 Å². The second kappa shape index (κ2) is 4.73. The molecule has 0 aliphatic carbocycles. The smallest absolute Gasteiger partial charge is 0.0485 e. The van der Waals surface area contributed by atoms with Gasteiger partial charge in [0.1, 0.15) is 0 Å². The molecule has 0 bridgehead atoms. The van der Waals surface area contributed by atoms with E-state index in [4.69, 9.17) is 11.6 Å². The minimum Gasteiger partial charge on any atom is -0.383 e. The first-order chi connectivity index (χ1) is 5.74. The molecule has 0 saturated heterocycles. The van der Waals surface area contributed by atoms with Gasteiger partial charge in [-0.3, -0.25) is 0 Å². The molecule has 66 valence electrons. The maximum absolute atomic E-state index is 5.56. The summed E-state index contributed by atoms with van der Waals surface area (Å²) in [5.74, 6) is 0.625. The van der Waals surface area contributed by atoms with Crippen LogP contribution in [-0.2, 0) is 0 Å². The molecule has 1 nitrogen and oxygen atoms in total. The summed E-state index contributed by atoms with van der Waals surface area (Å²) in [4.78, 5) is 0. The lowest BCUT2D eigenvalue weighted by Crippen LogP contribution is -2.02. The Morgan fingerprint density at radius 3 is 2.83 bits per heavy atom. The van der Waals surface area contributed by atoms with Gasteiger partial charge in [0.25, 0.3) is 0 Å². The van der Waals surface area contributed by atoms with E-state index >= 15 is 0 Å². The Morgan fingerprint density at radius 2 is 2.25 bits per heavy atom. The van der Waals surface area contributed by atoms with Crippen molar-refractivity contribution in [2.45, 2.75) is 6.92 Å². The molecular formula is C9H11BrClN. The summed E-state index contributed by atoms with van der Waals surface area (Å²) >= 11 is 9.03. The normalized spacial score (nSPS) is 9.92. The lowest BCUT2D eigenvalue weighted by molar-refractivity contribution is 1.21. The largest absolute Gasteiger partial charge is 0.383 e. The highest BCUT2D eigenvalue weighted by atomic mass is 79.9. The molecule has 0 spiro atoms. The van der Waals surface area contributed by atoms with Crippen molar-refractivity contribution < 1.29 is 0 Å². The molecule has 0 saturated carbocycles. The summed E-state index contributed by atoms with van der Waals surface area (Å²) in [6, 6.07) is 6.20. The van der Waals surface area contributed by atoms with Gasteiger partial charge in [0.15, 0.2) is 0 Å². The SMILES string of the molecule is Cc1ccc(NCCCl)c(Br)c1. The minimum absolute atomic E-state index is 0.625. The van der Waals surface area contributed by atoms with Crippen LogP contribution < -0.4 is 5.32 Å². The molecule has 0 aromatic heterocycles. The fourth-order valence-electron chi connectivity index (χ4n) is 0.945. The number of hydrogen-bond acceptors (Lipinski definition) is 1. The molecule has 1 aromatic rings. The standard InChI is InChI=1S/C9H11BrClN/c1-7-2-3-9(8(10)6-7)12-5-4-11/h2-3,6,12H,4-5H2,1H3. The highest BCUT2D eigenvalue weighted by molar-refractivity contribution is 9.10. The molecule has 1 aromatic carbocycles. The molecule has 0 radical (unpaired) electrons. The lowest BCUT2D eigenvalue weighted by atomic mass is 10.2. The van der Waals surface area contributed by atoms with Crippen LogP contribution in [-0.4, -0.2) is 12.4 Å². The van der Waals surface area contributed by atoms with Crippen molar-refractivity contribution in [1.82, 2.24) is 0 Å². The second-order valence-corrected chi connectivity index (χ2v) is 3.83. The van der Waals surface area contributed by atoms with Crippen LogP contribution in [0.1, 0.15) is 5.56 Å². The van der Waals surface area contributed by atoms with E-state index < -0.39 is 0 Å². The van der Waals surface area contributed by atoms with Crippen LogP contribution in [0.15, 0.2) is 22.7 Å². The predicted octanol–water partition coefficient (Wildman–Crippen LogP) is 3.41. The van der Waals surface area contributed by atoms with Crippen molar-refractivity contribution >= 4 is 33.2 Å². The highest BCUT2D eigenvalue weighted by Crippen LogP contribution is 2.22. The number of benzene rings is 1. The molecule has 12 heavy (non-hydrogen) atoms. The lowest BCUT2D eigenvalue weighted by Gasteiger charge is -2.06. The third-order valence-electron chi connectivity index (χ3n) is 1.53. The van der Waals surface area contributed by atoms with E-state index in [0.29, 0.717) is 5.88 Å². The Morgan fingerprint density at radius 1 is 1.50 bits per heavy atom. The molecule has 0 fully saturated rings. The topological polar surface area (TPSA) is 12.0 Å². The van der Waals surface area contributed by atoms with Gasteiger partial charge >= 0.3 is 0 Å².